The number of benzene rings is 1. The van der Waals surface area contributed by atoms with Crippen molar-refractivity contribution in [2.24, 2.45) is 5.73 Å². The fourth-order valence-corrected chi connectivity index (χ4v) is 1.75. The average Bonchev–Trinajstić information content (AvgIpc) is 2.82. The van der Waals surface area contributed by atoms with E-state index in [-0.39, 0.29) is 6.42 Å². The zero-order valence-electron chi connectivity index (χ0n) is 10.1. The number of carboxylic acids is 1. The van der Waals surface area contributed by atoms with Gasteiger partial charge in [-0.05, 0) is 18.6 Å². The fraction of sp³-hybridized carbons (Fsp3) is 0.231. The van der Waals surface area contributed by atoms with Crippen LogP contribution < -0.4 is 5.73 Å². The summed E-state index contributed by atoms with van der Waals surface area (Å²) in [6, 6.07) is 7.54. The van der Waals surface area contributed by atoms with Crippen LogP contribution in [0.4, 0.5) is 0 Å². The van der Waals surface area contributed by atoms with E-state index in [4.69, 9.17) is 10.8 Å². The molecule has 0 aliphatic heterocycles. The molecule has 0 fully saturated rings. The predicted octanol–water partition coefficient (Wildman–Crippen LogP) is 1.42. The molecule has 0 bridgehead atoms. The number of nitrogens with two attached hydrogens (primary N) is 1. The number of hydrogen-bond acceptors (Lipinski definition) is 3. The van der Waals surface area contributed by atoms with Gasteiger partial charge in [0.05, 0.1) is 0 Å². The van der Waals surface area contributed by atoms with E-state index in [1.165, 1.54) is 6.92 Å². The van der Waals surface area contributed by atoms with Crippen molar-refractivity contribution < 1.29 is 9.90 Å². The Morgan fingerprint density at radius 2 is 2.33 bits per heavy atom. The Kier molecular flexibility index (Phi) is 3.16. The topological polar surface area (TPSA) is 92.0 Å². The number of nitrogens with zero attached hydrogens (tertiary/aromatic N) is 1. The molecule has 0 saturated heterocycles. The van der Waals surface area contributed by atoms with Gasteiger partial charge in [-0.3, -0.25) is 4.79 Å². The molecule has 1 heterocycles. The van der Waals surface area contributed by atoms with Crippen LogP contribution in [0.5, 0.6) is 0 Å². The summed E-state index contributed by atoms with van der Waals surface area (Å²) in [7, 11) is 0. The van der Waals surface area contributed by atoms with Crippen LogP contribution in [-0.2, 0) is 11.2 Å². The maximum atomic E-state index is 11.0. The van der Waals surface area contributed by atoms with Crippen molar-refractivity contribution in [1.29, 1.82) is 0 Å². The third-order valence-electron chi connectivity index (χ3n) is 2.76. The summed E-state index contributed by atoms with van der Waals surface area (Å²) >= 11 is 0. The second-order valence-corrected chi connectivity index (χ2v) is 4.54. The number of aromatic nitrogens is 2. The molecule has 2 aromatic rings. The van der Waals surface area contributed by atoms with Crippen molar-refractivity contribution in [2.45, 2.75) is 18.9 Å². The lowest BCUT2D eigenvalue weighted by atomic mass is 9.93. The van der Waals surface area contributed by atoms with E-state index in [1.807, 2.05) is 24.3 Å². The molecule has 1 aromatic carbocycles. The highest BCUT2D eigenvalue weighted by Crippen LogP contribution is 2.19. The van der Waals surface area contributed by atoms with Crippen molar-refractivity contribution in [2.75, 3.05) is 0 Å². The maximum Gasteiger partial charge on any atom is 0.323 e. The zero-order chi connectivity index (χ0) is 13.2. The largest absolute Gasteiger partial charge is 0.480 e. The summed E-state index contributed by atoms with van der Waals surface area (Å²) in [6.45, 7) is 1.51. The summed E-state index contributed by atoms with van der Waals surface area (Å²) in [6.07, 6.45) is 3.69. The molecule has 5 nitrogen and oxygen atoms in total. The molecule has 0 aliphatic carbocycles. The highest BCUT2D eigenvalue weighted by Gasteiger charge is 2.28. The van der Waals surface area contributed by atoms with Crippen molar-refractivity contribution in [3.63, 3.8) is 0 Å². The zero-order valence-corrected chi connectivity index (χ0v) is 10.1. The van der Waals surface area contributed by atoms with E-state index < -0.39 is 11.5 Å². The summed E-state index contributed by atoms with van der Waals surface area (Å²) in [5.41, 5.74) is 6.26. The van der Waals surface area contributed by atoms with E-state index in [0.717, 1.165) is 17.0 Å². The second kappa shape index (κ2) is 4.62. The predicted molar refractivity (Wildman–Crippen MR) is 68.0 cm³/mol. The van der Waals surface area contributed by atoms with Crippen molar-refractivity contribution in [3.8, 4) is 11.4 Å². The second-order valence-electron chi connectivity index (χ2n) is 4.54. The molecule has 0 spiro atoms. The molecule has 1 unspecified atom stereocenters. The molecular formula is C13H15N3O2. The Morgan fingerprint density at radius 1 is 1.56 bits per heavy atom. The molecule has 94 valence electrons. The van der Waals surface area contributed by atoms with Crippen LogP contribution in [0.25, 0.3) is 11.4 Å². The normalized spacial score (nSPS) is 14.1. The van der Waals surface area contributed by atoms with Gasteiger partial charge in [0.15, 0.2) is 0 Å². The van der Waals surface area contributed by atoms with Gasteiger partial charge in [-0.2, -0.15) is 0 Å². The highest BCUT2D eigenvalue weighted by molar-refractivity contribution is 5.78. The Morgan fingerprint density at radius 3 is 2.94 bits per heavy atom. The fourth-order valence-electron chi connectivity index (χ4n) is 1.75. The molecular weight excluding hydrogens is 230 g/mol. The Hall–Kier alpha value is -2.14. The Bertz CT molecular complexity index is 547. The van der Waals surface area contributed by atoms with Gasteiger partial charge < -0.3 is 15.8 Å². The van der Waals surface area contributed by atoms with Crippen LogP contribution >= 0.6 is 0 Å². The average molecular weight is 245 g/mol. The number of imidazole rings is 1. The molecule has 2 rings (SSSR count). The first-order valence-electron chi connectivity index (χ1n) is 5.60. The SMILES string of the molecule is CC(N)(Cc1cccc(-c2ncc[nH]2)c1)C(=O)O. The number of aliphatic carboxylic acids is 1. The van der Waals surface area contributed by atoms with Crippen LogP contribution in [0.15, 0.2) is 36.7 Å². The first-order valence-corrected chi connectivity index (χ1v) is 5.60. The number of H-pyrrole nitrogens is 1. The van der Waals surface area contributed by atoms with E-state index in [2.05, 4.69) is 9.97 Å². The summed E-state index contributed by atoms with van der Waals surface area (Å²) < 4.78 is 0. The lowest BCUT2D eigenvalue weighted by Crippen LogP contribution is -2.46. The lowest BCUT2D eigenvalue weighted by Gasteiger charge is -2.19. The molecule has 0 saturated carbocycles. The highest BCUT2D eigenvalue weighted by atomic mass is 16.4. The quantitative estimate of drug-likeness (QED) is 0.759. The number of rotatable bonds is 4. The third-order valence-corrected chi connectivity index (χ3v) is 2.76. The first kappa shape index (κ1) is 12.3. The van der Waals surface area contributed by atoms with E-state index in [1.54, 1.807) is 12.4 Å². The molecule has 18 heavy (non-hydrogen) atoms. The number of carboxylic acid groups (broad SMARTS) is 1. The van der Waals surface area contributed by atoms with Crippen molar-refractivity contribution in [3.05, 3.63) is 42.2 Å². The van der Waals surface area contributed by atoms with Gasteiger partial charge >= 0.3 is 5.97 Å². The smallest absolute Gasteiger partial charge is 0.323 e. The number of carbonyl (C=O) groups is 1. The number of aromatic amines is 1. The minimum Gasteiger partial charge on any atom is -0.480 e. The van der Waals surface area contributed by atoms with Gasteiger partial charge in [-0.25, -0.2) is 4.98 Å². The number of nitrogens with one attached hydrogen (secondary N) is 1. The maximum absolute atomic E-state index is 11.0. The van der Waals surface area contributed by atoms with E-state index in [9.17, 15) is 4.79 Å². The Balaban J connectivity index is 2.26. The molecule has 5 heteroatoms. The minimum absolute atomic E-state index is 0.275. The van der Waals surface area contributed by atoms with Crippen molar-refractivity contribution in [1.82, 2.24) is 9.97 Å². The van der Waals surface area contributed by atoms with Gasteiger partial charge in [0.25, 0.3) is 0 Å². The summed E-state index contributed by atoms with van der Waals surface area (Å²) in [5, 5.41) is 9.01. The van der Waals surface area contributed by atoms with Gasteiger partial charge in [0, 0.05) is 24.4 Å². The first-order chi connectivity index (χ1) is 8.49. The standard InChI is InChI=1S/C13H15N3O2/c1-13(14,12(17)18)8-9-3-2-4-10(7-9)11-15-5-6-16-11/h2-7H,8,14H2,1H3,(H,15,16)(H,17,18). The Labute approximate surface area is 105 Å². The van der Waals surface area contributed by atoms with Crippen molar-refractivity contribution >= 4 is 5.97 Å². The van der Waals surface area contributed by atoms with Crippen LogP contribution in [0.3, 0.4) is 0 Å². The van der Waals surface area contributed by atoms with Gasteiger partial charge in [0.1, 0.15) is 11.4 Å². The van der Waals surface area contributed by atoms with Gasteiger partial charge in [-0.15, -0.1) is 0 Å². The molecule has 1 atom stereocenters. The molecule has 4 N–H and O–H groups in total. The third kappa shape index (κ3) is 2.57. The van der Waals surface area contributed by atoms with E-state index >= 15 is 0 Å². The monoisotopic (exact) mass is 245 g/mol. The molecule has 0 amide bonds. The molecule has 0 radical (unpaired) electrons. The van der Waals surface area contributed by atoms with Crippen LogP contribution in [0.2, 0.25) is 0 Å². The van der Waals surface area contributed by atoms with E-state index in [0.29, 0.717) is 0 Å². The van der Waals surface area contributed by atoms with Crippen LogP contribution in [0, 0.1) is 0 Å². The van der Waals surface area contributed by atoms with Gasteiger partial charge in [0.2, 0.25) is 0 Å². The molecule has 1 aromatic heterocycles. The van der Waals surface area contributed by atoms with Crippen LogP contribution in [-0.4, -0.2) is 26.6 Å². The van der Waals surface area contributed by atoms with Gasteiger partial charge in [-0.1, -0.05) is 18.2 Å². The summed E-state index contributed by atoms with van der Waals surface area (Å²) in [5.74, 6) is -0.253. The van der Waals surface area contributed by atoms with Crippen LogP contribution in [0.1, 0.15) is 12.5 Å². The summed E-state index contributed by atoms with van der Waals surface area (Å²) in [4.78, 5) is 18.2. The lowest BCUT2D eigenvalue weighted by molar-refractivity contribution is -0.142. The molecule has 0 aliphatic rings. The number of hydrogen-bond donors (Lipinski definition) is 3. The minimum atomic E-state index is -1.26.